The monoisotopic (exact) mass is 390 g/mol. The van der Waals surface area contributed by atoms with Crippen molar-refractivity contribution in [1.29, 1.82) is 0 Å². The van der Waals surface area contributed by atoms with Gasteiger partial charge in [-0.05, 0) is 50.7 Å². The van der Waals surface area contributed by atoms with Crippen molar-refractivity contribution in [3.8, 4) is 5.75 Å². The summed E-state index contributed by atoms with van der Waals surface area (Å²) in [5.74, 6) is -0.147. The largest absolute Gasteiger partial charge is 0.493 e. The van der Waals surface area contributed by atoms with Crippen LogP contribution in [0.2, 0.25) is 0 Å². The second-order valence-corrected chi connectivity index (χ2v) is 7.19. The van der Waals surface area contributed by atoms with Gasteiger partial charge in [-0.3, -0.25) is 14.4 Å². The number of ether oxygens (including phenoxy) is 2. The van der Waals surface area contributed by atoms with Crippen molar-refractivity contribution in [2.24, 2.45) is 5.92 Å². The molecule has 0 unspecified atom stereocenters. The summed E-state index contributed by atoms with van der Waals surface area (Å²) in [6.07, 6.45) is 4.17. The molecule has 0 bridgehead atoms. The molecular formula is C21H30N2O5. The van der Waals surface area contributed by atoms with Gasteiger partial charge in [0.15, 0.2) is 6.61 Å². The average Bonchev–Trinajstić information content (AvgIpc) is 2.71. The lowest BCUT2D eigenvalue weighted by Gasteiger charge is -2.33. The first-order valence-electron chi connectivity index (χ1n) is 9.83. The molecule has 1 aliphatic carbocycles. The van der Waals surface area contributed by atoms with Crippen LogP contribution >= 0.6 is 0 Å². The van der Waals surface area contributed by atoms with Crippen LogP contribution in [0.1, 0.15) is 49.9 Å². The molecule has 0 radical (unpaired) electrons. The Morgan fingerprint density at radius 3 is 2.50 bits per heavy atom. The van der Waals surface area contributed by atoms with Gasteiger partial charge in [-0.25, -0.2) is 0 Å². The van der Waals surface area contributed by atoms with Crippen molar-refractivity contribution >= 4 is 17.8 Å². The lowest BCUT2D eigenvalue weighted by molar-refractivity contribution is -0.151. The van der Waals surface area contributed by atoms with E-state index >= 15 is 0 Å². The zero-order chi connectivity index (χ0) is 20.5. The van der Waals surface area contributed by atoms with Crippen molar-refractivity contribution in [3.63, 3.8) is 0 Å². The highest BCUT2D eigenvalue weighted by atomic mass is 16.5. The highest BCUT2D eigenvalue weighted by Gasteiger charge is 2.25. The van der Waals surface area contributed by atoms with Crippen molar-refractivity contribution in [1.82, 2.24) is 10.2 Å². The number of benzene rings is 1. The quantitative estimate of drug-likeness (QED) is 0.689. The van der Waals surface area contributed by atoms with Crippen LogP contribution in [0.15, 0.2) is 24.3 Å². The van der Waals surface area contributed by atoms with Crippen LogP contribution in [0.3, 0.4) is 0 Å². The molecule has 7 heteroatoms. The lowest BCUT2D eigenvalue weighted by atomic mass is 9.87. The summed E-state index contributed by atoms with van der Waals surface area (Å²) in [7, 11) is 1.75. The summed E-state index contributed by atoms with van der Waals surface area (Å²) in [5, 5.41) is 2.50. The third-order valence-electron chi connectivity index (χ3n) is 5.11. The number of nitrogens with zero attached hydrogens (tertiary/aromatic N) is 1. The third kappa shape index (κ3) is 6.25. The minimum absolute atomic E-state index is 0.206. The van der Waals surface area contributed by atoms with Gasteiger partial charge in [0.1, 0.15) is 12.3 Å². The number of nitrogens with one attached hydrogen (secondary N) is 1. The molecule has 0 heterocycles. The van der Waals surface area contributed by atoms with Crippen molar-refractivity contribution in [2.45, 2.75) is 45.6 Å². The number of esters is 1. The van der Waals surface area contributed by atoms with Gasteiger partial charge in [0.05, 0.1) is 12.2 Å². The molecule has 1 aliphatic rings. The van der Waals surface area contributed by atoms with Crippen molar-refractivity contribution < 1.29 is 23.9 Å². The molecule has 1 saturated carbocycles. The number of hydrogen-bond donors (Lipinski definition) is 1. The SMILES string of the molecule is CCOc1ccccc1C(=O)NCC(=O)OCC(=O)N(C)C1CCC(C)CC1. The molecule has 0 saturated heterocycles. The maximum absolute atomic E-state index is 12.3. The molecule has 0 atom stereocenters. The number of carbonyl (C=O) groups is 3. The summed E-state index contributed by atoms with van der Waals surface area (Å²) in [5.41, 5.74) is 0.347. The number of amides is 2. The molecule has 1 aromatic carbocycles. The second kappa shape index (κ2) is 10.7. The summed E-state index contributed by atoms with van der Waals surface area (Å²) >= 11 is 0. The molecule has 7 nitrogen and oxygen atoms in total. The number of rotatable bonds is 8. The molecule has 2 amide bonds. The maximum atomic E-state index is 12.3. The Labute approximate surface area is 166 Å². The predicted molar refractivity (Wildman–Crippen MR) is 105 cm³/mol. The normalized spacial score (nSPS) is 18.8. The van der Waals surface area contributed by atoms with E-state index in [9.17, 15) is 14.4 Å². The van der Waals surface area contributed by atoms with Gasteiger partial charge in [-0.1, -0.05) is 19.1 Å². The first-order valence-corrected chi connectivity index (χ1v) is 9.83. The van der Waals surface area contributed by atoms with E-state index in [0.717, 1.165) is 25.7 Å². The van der Waals surface area contributed by atoms with Crippen molar-refractivity contribution in [2.75, 3.05) is 26.8 Å². The Bertz CT molecular complexity index is 683. The van der Waals surface area contributed by atoms with Crippen LogP contribution in [-0.4, -0.2) is 55.5 Å². The van der Waals surface area contributed by atoms with Crippen LogP contribution in [0.5, 0.6) is 5.75 Å². The van der Waals surface area contributed by atoms with Gasteiger partial charge < -0.3 is 19.7 Å². The number of hydrogen-bond acceptors (Lipinski definition) is 5. The van der Waals surface area contributed by atoms with E-state index in [1.807, 2.05) is 6.92 Å². The topological polar surface area (TPSA) is 84.9 Å². The van der Waals surface area contributed by atoms with E-state index in [2.05, 4.69) is 12.2 Å². The fourth-order valence-corrected chi connectivity index (χ4v) is 3.31. The van der Waals surface area contributed by atoms with E-state index in [4.69, 9.17) is 9.47 Å². The fraction of sp³-hybridized carbons (Fsp3) is 0.571. The minimum atomic E-state index is -0.652. The van der Waals surface area contributed by atoms with Crippen molar-refractivity contribution in [3.05, 3.63) is 29.8 Å². The van der Waals surface area contributed by atoms with E-state index in [1.54, 1.807) is 36.2 Å². The summed E-state index contributed by atoms with van der Waals surface area (Å²) in [4.78, 5) is 38.1. The average molecular weight is 390 g/mol. The van der Waals surface area contributed by atoms with E-state index in [1.165, 1.54) is 0 Å². The first-order chi connectivity index (χ1) is 13.4. The van der Waals surface area contributed by atoms with Gasteiger partial charge in [0.25, 0.3) is 11.8 Å². The Kier molecular flexibility index (Phi) is 8.29. The van der Waals surface area contributed by atoms with Gasteiger partial charge in [-0.15, -0.1) is 0 Å². The number of likely N-dealkylation sites (N-methyl/N-ethyl adjacent to an activating group) is 1. The Morgan fingerprint density at radius 1 is 1.14 bits per heavy atom. The van der Waals surface area contributed by atoms with Crippen LogP contribution in [0.25, 0.3) is 0 Å². The zero-order valence-electron chi connectivity index (χ0n) is 16.9. The summed E-state index contributed by atoms with van der Waals surface area (Å²) in [6.45, 7) is 3.86. The molecule has 1 N–H and O–H groups in total. The molecular weight excluding hydrogens is 360 g/mol. The molecule has 28 heavy (non-hydrogen) atoms. The van der Waals surface area contributed by atoms with Gasteiger partial charge in [-0.2, -0.15) is 0 Å². The fourth-order valence-electron chi connectivity index (χ4n) is 3.31. The zero-order valence-corrected chi connectivity index (χ0v) is 16.9. The highest BCUT2D eigenvalue weighted by Crippen LogP contribution is 2.26. The van der Waals surface area contributed by atoms with Gasteiger partial charge in [0, 0.05) is 13.1 Å². The van der Waals surface area contributed by atoms with Crippen LogP contribution in [-0.2, 0) is 14.3 Å². The van der Waals surface area contributed by atoms with E-state index in [0.29, 0.717) is 23.8 Å². The smallest absolute Gasteiger partial charge is 0.325 e. The van der Waals surface area contributed by atoms with E-state index in [-0.39, 0.29) is 25.1 Å². The minimum Gasteiger partial charge on any atom is -0.493 e. The Balaban J connectivity index is 1.75. The highest BCUT2D eigenvalue weighted by molar-refractivity contribution is 5.98. The summed E-state index contributed by atoms with van der Waals surface area (Å²) < 4.78 is 10.4. The molecule has 2 rings (SSSR count). The number of carbonyl (C=O) groups excluding carboxylic acids is 3. The predicted octanol–water partition coefficient (Wildman–Crippen LogP) is 2.40. The molecule has 1 fully saturated rings. The standard InChI is InChI=1S/C21H30N2O5/c1-4-27-18-8-6-5-7-17(18)21(26)22-13-20(25)28-14-19(24)23(3)16-11-9-15(2)10-12-16/h5-8,15-16H,4,9-14H2,1-3H3,(H,22,26). The van der Waals surface area contributed by atoms with Gasteiger partial charge in [0.2, 0.25) is 0 Å². The molecule has 0 spiro atoms. The number of para-hydroxylation sites is 1. The first kappa shape index (κ1) is 21.7. The van der Waals surface area contributed by atoms with Crippen LogP contribution < -0.4 is 10.1 Å². The Morgan fingerprint density at radius 2 is 1.82 bits per heavy atom. The maximum Gasteiger partial charge on any atom is 0.325 e. The van der Waals surface area contributed by atoms with E-state index < -0.39 is 11.9 Å². The third-order valence-corrected chi connectivity index (χ3v) is 5.11. The van der Waals surface area contributed by atoms with Crippen LogP contribution in [0, 0.1) is 5.92 Å². The van der Waals surface area contributed by atoms with Crippen LogP contribution in [0.4, 0.5) is 0 Å². The summed E-state index contributed by atoms with van der Waals surface area (Å²) in [6, 6.07) is 7.01. The molecule has 154 valence electrons. The molecule has 0 aliphatic heterocycles. The molecule has 1 aromatic rings. The molecule has 0 aromatic heterocycles. The second-order valence-electron chi connectivity index (χ2n) is 7.19. The Hall–Kier alpha value is -2.57. The lowest BCUT2D eigenvalue weighted by Crippen LogP contribution is -2.42. The van der Waals surface area contributed by atoms with Gasteiger partial charge >= 0.3 is 5.97 Å².